The maximum Gasteiger partial charge on any atom is 0.333 e. The number of hydrazine groups is 1. The molecule has 1 rings (SSSR count). The molecule has 0 atom stereocenters. The first-order valence-electron chi connectivity index (χ1n) is 5.38. The predicted molar refractivity (Wildman–Crippen MR) is 66.4 cm³/mol. The Kier molecular flexibility index (Phi) is 4.31. The van der Waals surface area contributed by atoms with E-state index in [1.165, 1.54) is 0 Å². The van der Waals surface area contributed by atoms with Crippen molar-refractivity contribution in [3.8, 4) is 0 Å². The molecule has 0 heterocycles. The number of para-hydroxylation sites is 1. The molecule has 88 valence electrons. The summed E-state index contributed by atoms with van der Waals surface area (Å²) in [5.41, 5.74) is 5.78. The largest absolute Gasteiger partial charge is 0.333 e. The number of amides is 2. The first-order chi connectivity index (χ1) is 7.54. The summed E-state index contributed by atoms with van der Waals surface area (Å²) in [6.45, 7) is 4.06. The fourth-order valence-electron chi connectivity index (χ4n) is 1.55. The van der Waals surface area contributed by atoms with Crippen molar-refractivity contribution in [3.05, 3.63) is 29.3 Å². The number of urea groups is 1. The van der Waals surface area contributed by atoms with E-state index in [2.05, 4.69) is 17.7 Å². The molecule has 0 bridgehead atoms. The average Bonchev–Trinajstić information content (AvgIpc) is 2.20. The van der Waals surface area contributed by atoms with Crippen LogP contribution in [0, 0.1) is 6.92 Å². The summed E-state index contributed by atoms with van der Waals surface area (Å²) in [5.74, 6) is 0. The SMILES string of the molecule is CCc1cccc(C)c1NC(=O)NN(C)C. The lowest BCUT2D eigenvalue weighted by Gasteiger charge is -2.16. The minimum absolute atomic E-state index is 0.214. The van der Waals surface area contributed by atoms with Crippen molar-refractivity contribution in [2.45, 2.75) is 20.3 Å². The monoisotopic (exact) mass is 221 g/mol. The Morgan fingerprint density at radius 1 is 1.38 bits per heavy atom. The van der Waals surface area contributed by atoms with Gasteiger partial charge in [-0.15, -0.1) is 0 Å². The molecule has 0 aromatic heterocycles. The van der Waals surface area contributed by atoms with Gasteiger partial charge in [0, 0.05) is 19.8 Å². The topological polar surface area (TPSA) is 44.4 Å². The first-order valence-corrected chi connectivity index (χ1v) is 5.38. The third kappa shape index (κ3) is 3.24. The van der Waals surface area contributed by atoms with E-state index in [9.17, 15) is 4.79 Å². The van der Waals surface area contributed by atoms with Crippen molar-refractivity contribution in [2.24, 2.45) is 0 Å². The van der Waals surface area contributed by atoms with Gasteiger partial charge in [0.25, 0.3) is 0 Å². The minimum atomic E-state index is -0.214. The van der Waals surface area contributed by atoms with Crippen molar-refractivity contribution < 1.29 is 4.79 Å². The van der Waals surface area contributed by atoms with Crippen molar-refractivity contribution in [1.29, 1.82) is 0 Å². The standard InChI is InChI=1S/C12H19N3O/c1-5-10-8-6-7-9(2)11(10)13-12(16)14-15(3)4/h6-8H,5H2,1-4H3,(H2,13,14,16). The molecule has 0 aliphatic heterocycles. The molecule has 0 fully saturated rings. The summed E-state index contributed by atoms with van der Waals surface area (Å²) in [6, 6.07) is 5.81. The molecule has 0 radical (unpaired) electrons. The van der Waals surface area contributed by atoms with Crippen LogP contribution in [0.3, 0.4) is 0 Å². The lowest BCUT2D eigenvalue weighted by molar-refractivity contribution is 0.224. The van der Waals surface area contributed by atoms with Gasteiger partial charge in [-0.05, 0) is 24.5 Å². The van der Waals surface area contributed by atoms with Crippen LogP contribution in [-0.2, 0) is 6.42 Å². The minimum Gasteiger partial charge on any atom is -0.306 e. The highest BCUT2D eigenvalue weighted by atomic mass is 16.2. The van der Waals surface area contributed by atoms with Crippen LogP contribution in [-0.4, -0.2) is 25.1 Å². The van der Waals surface area contributed by atoms with Crippen LogP contribution in [0.1, 0.15) is 18.1 Å². The molecule has 2 N–H and O–H groups in total. The Balaban J connectivity index is 2.83. The number of nitrogens with one attached hydrogen (secondary N) is 2. The van der Waals surface area contributed by atoms with E-state index in [0.29, 0.717) is 0 Å². The Bertz CT molecular complexity index is 375. The third-order valence-corrected chi connectivity index (χ3v) is 2.30. The molecule has 0 spiro atoms. The maximum atomic E-state index is 11.6. The van der Waals surface area contributed by atoms with Gasteiger partial charge in [-0.1, -0.05) is 25.1 Å². The Morgan fingerprint density at radius 3 is 2.62 bits per heavy atom. The number of carbonyl (C=O) groups excluding carboxylic acids is 1. The molecule has 0 aliphatic carbocycles. The van der Waals surface area contributed by atoms with Crippen molar-refractivity contribution in [2.75, 3.05) is 19.4 Å². The van der Waals surface area contributed by atoms with Crippen molar-refractivity contribution >= 4 is 11.7 Å². The van der Waals surface area contributed by atoms with E-state index in [-0.39, 0.29) is 6.03 Å². The van der Waals surface area contributed by atoms with Gasteiger partial charge in [-0.25, -0.2) is 9.80 Å². The Hall–Kier alpha value is -1.55. The number of aryl methyl sites for hydroxylation is 2. The summed E-state index contributed by atoms with van der Waals surface area (Å²) in [7, 11) is 3.55. The zero-order valence-corrected chi connectivity index (χ0v) is 10.3. The fraction of sp³-hybridized carbons (Fsp3) is 0.417. The van der Waals surface area contributed by atoms with Gasteiger partial charge in [-0.2, -0.15) is 0 Å². The molecule has 0 unspecified atom stereocenters. The highest BCUT2D eigenvalue weighted by Crippen LogP contribution is 2.20. The quantitative estimate of drug-likeness (QED) is 0.768. The number of carbonyl (C=O) groups is 1. The van der Waals surface area contributed by atoms with E-state index in [4.69, 9.17) is 0 Å². The van der Waals surface area contributed by atoms with E-state index < -0.39 is 0 Å². The van der Waals surface area contributed by atoms with E-state index >= 15 is 0 Å². The number of anilines is 1. The summed E-state index contributed by atoms with van der Waals surface area (Å²) in [6.07, 6.45) is 0.902. The van der Waals surface area contributed by atoms with Gasteiger partial charge < -0.3 is 5.32 Å². The van der Waals surface area contributed by atoms with E-state index in [1.54, 1.807) is 19.1 Å². The normalized spacial score (nSPS) is 10.3. The van der Waals surface area contributed by atoms with Gasteiger partial charge in [-0.3, -0.25) is 5.43 Å². The third-order valence-electron chi connectivity index (χ3n) is 2.30. The average molecular weight is 221 g/mol. The molecule has 0 saturated carbocycles. The number of hydrogen-bond acceptors (Lipinski definition) is 2. The number of benzene rings is 1. The zero-order valence-electron chi connectivity index (χ0n) is 10.3. The lowest BCUT2D eigenvalue weighted by atomic mass is 10.1. The first kappa shape index (κ1) is 12.5. The van der Waals surface area contributed by atoms with Gasteiger partial charge in [0.1, 0.15) is 0 Å². The van der Waals surface area contributed by atoms with E-state index in [0.717, 1.165) is 23.2 Å². The summed E-state index contributed by atoms with van der Waals surface area (Å²) in [4.78, 5) is 11.6. The number of rotatable bonds is 3. The van der Waals surface area contributed by atoms with Crippen LogP contribution in [0.5, 0.6) is 0 Å². The van der Waals surface area contributed by atoms with Crippen LogP contribution in [0.15, 0.2) is 18.2 Å². The van der Waals surface area contributed by atoms with Gasteiger partial charge in [0.2, 0.25) is 0 Å². The molecule has 4 heteroatoms. The van der Waals surface area contributed by atoms with Gasteiger partial charge in [0.05, 0.1) is 0 Å². The highest BCUT2D eigenvalue weighted by Gasteiger charge is 2.08. The molecular weight excluding hydrogens is 202 g/mol. The lowest BCUT2D eigenvalue weighted by Crippen LogP contribution is -2.39. The Labute approximate surface area is 96.6 Å². The molecule has 4 nitrogen and oxygen atoms in total. The van der Waals surface area contributed by atoms with Crippen LogP contribution in [0.4, 0.5) is 10.5 Å². The second kappa shape index (κ2) is 5.51. The van der Waals surface area contributed by atoms with Crippen LogP contribution in [0.2, 0.25) is 0 Å². The molecule has 2 amide bonds. The van der Waals surface area contributed by atoms with Crippen LogP contribution < -0.4 is 10.7 Å². The van der Waals surface area contributed by atoms with Crippen LogP contribution in [0.25, 0.3) is 0 Å². The summed E-state index contributed by atoms with van der Waals surface area (Å²) in [5, 5.41) is 4.48. The summed E-state index contributed by atoms with van der Waals surface area (Å²) < 4.78 is 0. The Morgan fingerprint density at radius 2 is 2.06 bits per heavy atom. The van der Waals surface area contributed by atoms with Crippen molar-refractivity contribution in [3.63, 3.8) is 0 Å². The highest BCUT2D eigenvalue weighted by molar-refractivity contribution is 5.90. The van der Waals surface area contributed by atoms with Crippen molar-refractivity contribution in [1.82, 2.24) is 10.4 Å². The predicted octanol–water partition coefficient (Wildman–Crippen LogP) is 2.16. The van der Waals surface area contributed by atoms with Crippen LogP contribution >= 0.6 is 0 Å². The second-order valence-electron chi connectivity index (χ2n) is 3.92. The number of hydrogen-bond donors (Lipinski definition) is 2. The maximum absolute atomic E-state index is 11.6. The molecule has 1 aromatic carbocycles. The van der Waals surface area contributed by atoms with E-state index in [1.807, 2.05) is 25.1 Å². The molecule has 1 aromatic rings. The zero-order chi connectivity index (χ0) is 12.1. The second-order valence-corrected chi connectivity index (χ2v) is 3.92. The molecular formula is C12H19N3O. The summed E-state index contributed by atoms with van der Waals surface area (Å²) >= 11 is 0. The smallest absolute Gasteiger partial charge is 0.306 e. The molecule has 16 heavy (non-hydrogen) atoms. The molecule has 0 saturated heterocycles. The van der Waals surface area contributed by atoms with Gasteiger partial charge >= 0.3 is 6.03 Å². The number of nitrogens with zero attached hydrogens (tertiary/aromatic N) is 1. The molecule has 0 aliphatic rings. The fourth-order valence-corrected chi connectivity index (χ4v) is 1.55. The van der Waals surface area contributed by atoms with Gasteiger partial charge in [0.15, 0.2) is 0 Å².